The first-order valence-corrected chi connectivity index (χ1v) is 5.80. The van der Waals surface area contributed by atoms with Crippen molar-refractivity contribution in [2.24, 2.45) is 7.05 Å². The number of alkyl halides is 3. The van der Waals surface area contributed by atoms with E-state index >= 15 is 0 Å². The zero-order chi connectivity index (χ0) is 15.1. The van der Waals surface area contributed by atoms with E-state index in [1.165, 1.54) is 10.9 Å². The van der Waals surface area contributed by atoms with Gasteiger partial charge in [0.1, 0.15) is 16.9 Å². The number of aromatic nitrogens is 3. The molecule has 2 aromatic rings. The molecule has 0 aliphatic heterocycles. The van der Waals surface area contributed by atoms with Crippen LogP contribution >= 0.6 is 11.6 Å². The lowest BCUT2D eigenvalue weighted by Crippen LogP contribution is -2.09. The van der Waals surface area contributed by atoms with Gasteiger partial charge in [0, 0.05) is 23.9 Å². The van der Waals surface area contributed by atoms with Gasteiger partial charge >= 0.3 is 6.18 Å². The summed E-state index contributed by atoms with van der Waals surface area (Å²) in [5, 5.41) is 12.5. The zero-order valence-corrected chi connectivity index (χ0v) is 11.2. The Morgan fingerprint density at radius 1 is 1.35 bits per heavy atom. The average molecular weight is 301 g/mol. The molecule has 2 aromatic heterocycles. The first-order chi connectivity index (χ1) is 9.25. The maximum Gasteiger partial charge on any atom is 0.433 e. The van der Waals surface area contributed by atoms with Crippen molar-refractivity contribution < 1.29 is 13.2 Å². The number of pyridine rings is 1. The molecule has 8 heteroatoms. The predicted octanol–water partition coefficient (Wildman–Crippen LogP) is 3.33. The fourth-order valence-electron chi connectivity index (χ4n) is 1.74. The summed E-state index contributed by atoms with van der Waals surface area (Å²) < 4.78 is 39.8. The highest BCUT2D eigenvalue weighted by Crippen LogP contribution is 2.36. The van der Waals surface area contributed by atoms with Crippen molar-refractivity contribution in [1.82, 2.24) is 14.8 Å². The topological polar surface area (TPSA) is 54.5 Å². The van der Waals surface area contributed by atoms with E-state index in [1.54, 1.807) is 20.0 Å². The molecule has 0 amide bonds. The summed E-state index contributed by atoms with van der Waals surface area (Å²) in [6.45, 7) is 1.69. The highest BCUT2D eigenvalue weighted by molar-refractivity contribution is 6.31. The second-order valence-electron chi connectivity index (χ2n) is 4.10. The minimum Gasteiger partial charge on any atom is -0.272 e. The molecule has 0 aliphatic carbocycles. The van der Waals surface area contributed by atoms with Crippen molar-refractivity contribution in [3.63, 3.8) is 0 Å². The summed E-state index contributed by atoms with van der Waals surface area (Å²) in [6.07, 6.45) is -3.25. The van der Waals surface area contributed by atoms with E-state index in [4.69, 9.17) is 16.9 Å². The number of nitrogens with zero attached hydrogens (tertiary/aromatic N) is 4. The molecule has 0 bridgehead atoms. The van der Waals surface area contributed by atoms with Crippen LogP contribution in [-0.4, -0.2) is 14.8 Å². The van der Waals surface area contributed by atoms with Gasteiger partial charge in [-0.15, -0.1) is 0 Å². The number of rotatable bonds is 1. The largest absolute Gasteiger partial charge is 0.433 e. The quantitative estimate of drug-likeness (QED) is 0.759. The molecule has 2 heterocycles. The molecule has 2 rings (SSSR count). The van der Waals surface area contributed by atoms with Crippen LogP contribution in [0.5, 0.6) is 0 Å². The summed E-state index contributed by atoms with van der Waals surface area (Å²) in [6, 6.07) is 2.59. The highest BCUT2D eigenvalue weighted by atomic mass is 35.5. The van der Waals surface area contributed by atoms with Gasteiger partial charge in [0.05, 0.1) is 11.8 Å². The number of halogens is 4. The van der Waals surface area contributed by atoms with Crippen molar-refractivity contribution in [1.29, 1.82) is 5.26 Å². The van der Waals surface area contributed by atoms with Gasteiger partial charge in [0.15, 0.2) is 0 Å². The molecule has 0 unspecified atom stereocenters. The molecule has 104 valence electrons. The average Bonchev–Trinajstić information content (AvgIpc) is 2.68. The Balaban J connectivity index is 2.77. The Labute approximate surface area is 117 Å². The summed E-state index contributed by atoms with van der Waals surface area (Å²) in [5.74, 6) is 0. The second-order valence-corrected chi connectivity index (χ2v) is 4.46. The lowest BCUT2D eigenvalue weighted by Gasteiger charge is -2.11. The van der Waals surface area contributed by atoms with Gasteiger partial charge in [0.2, 0.25) is 0 Å². The number of hydrogen-bond acceptors (Lipinski definition) is 3. The van der Waals surface area contributed by atoms with E-state index < -0.39 is 17.0 Å². The molecule has 20 heavy (non-hydrogen) atoms. The van der Waals surface area contributed by atoms with E-state index in [0.29, 0.717) is 11.3 Å². The summed E-state index contributed by atoms with van der Waals surface area (Å²) >= 11 is 5.69. The van der Waals surface area contributed by atoms with Gasteiger partial charge in [-0.25, -0.2) is 4.98 Å². The van der Waals surface area contributed by atoms with Crippen LogP contribution in [0.1, 0.15) is 17.0 Å². The second kappa shape index (κ2) is 4.80. The van der Waals surface area contributed by atoms with Crippen molar-refractivity contribution in [2.75, 3.05) is 0 Å². The maximum absolute atomic E-state index is 12.8. The third-order valence-corrected chi connectivity index (χ3v) is 3.18. The van der Waals surface area contributed by atoms with E-state index in [0.717, 1.165) is 6.07 Å². The van der Waals surface area contributed by atoms with Crippen LogP contribution in [-0.2, 0) is 13.2 Å². The number of hydrogen-bond donors (Lipinski definition) is 0. The molecule has 0 spiro atoms. The van der Waals surface area contributed by atoms with Crippen molar-refractivity contribution in [2.45, 2.75) is 13.1 Å². The maximum atomic E-state index is 12.8. The normalized spacial score (nSPS) is 11.4. The molecular weight excluding hydrogens is 293 g/mol. The van der Waals surface area contributed by atoms with Gasteiger partial charge in [-0.2, -0.15) is 23.5 Å². The summed E-state index contributed by atoms with van der Waals surface area (Å²) in [7, 11) is 1.65. The van der Waals surface area contributed by atoms with E-state index in [9.17, 15) is 13.2 Å². The summed E-state index contributed by atoms with van der Waals surface area (Å²) in [5.41, 5.74) is -0.128. The number of aryl methyl sites for hydroxylation is 1. The van der Waals surface area contributed by atoms with E-state index in [2.05, 4.69) is 10.1 Å². The Morgan fingerprint density at radius 3 is 2.45 bits per heavy atom. The molecule has 4 nitrogen and oxygen atoms in total. The zero-order valence-electron chi connectivity index (χ0n) is 10.5. The monoisotopic (exact) mass is 300 g/mol. The van der Waals surface area contributed by atoms with Gasteiger partial charge in [-0.05, 0) is 13.0 Å². The molecule has 0 aliphatic rings. The Hall–Kier alpha value is -2.07. The van der Waals surface area contributed by atoms with Gasteiger partial charge < -0.3 is 0 Å². The Morgan fingerprint density at radius 2 is 2.00 bits per heavy atom. The molecule has 0 fully saturated rings. The predicted molar refractivity (Wildman–Crippen MR) is 65.9 cm³/mol. The Kier molecular flexibility index (Phi) is 3.44. The van der Waals surface area contributed by atoms with Crippen LogP contribution in [0.3, 0.4) is 0 Å². The first kappa shape index (κ1) is 14.3. The lowest BCUT2D eigenvalue weighted by atomic mass is 10.0. The minimum atomic E-state index is -4.64. The SMILES string of the molecule is Cc1c(-c2cc(C(F)(F)F)nc(Cl)c2C#N)cnn1C. The number of nitriles is 1. The Bertz CT molecular complexity index is 713. The van der Waals surface area contributed by atoms with E-state index in [-0.39, 0.29) is 11.1 Å². The van der Waals surface area contributed by atoms with Crippen LogP contribution in [0.15, 0.2) is 12.3 Å². The molecule has 0 N–H and O–H groups in total. The van der Waals surface area contributed by atoms with E-state index in [1.807, 2.05) is 0 Å². The molecule has 0 saturated heterocycles. The smallest absolute Gasteiger partial charge is 0.272 e. The van der Waals surface area contributed by atoms with Crippen LogP contribution in [0, 0.1) is 18.3 Å². The highest BCUT2D eigenvalue weighted by Gasteiger charge is 2.34. The van der Waals surface area contributed by atoms with Crippen LogP contribution < -0.4 is 0 Å². The molecule has 0 saturated carbocycles. The van der Waals surface area contributed by atoms with Gasteiger partial charge in [-0.1, -0.05) is 11.6 Å². The minimum absolute atomic E-state index is 0.0745. The fraction of sp³-hybridized carbons (Fsp3) is 0.250. The third-order valence-electron chi connectivity index (χ3n) is 2.90. The van der Waals surface area contributed by atoms with Crippen molar-refractivity contribution >= 4 is 11.6 Å². The molecule has 0 atom stereocenters. The molecular formula is C12H8ClF3N4. The third kappa shape index (κ3) is 2.34. The van der Waals surface area contributed by atoms with Crippen LogP contribution in [0.2, 0.25) is 5.15 Å². The van der Waals surface area contributed by atoms with Gasteiger partial charge in [-0.3, -0.25) is 4.68 Å². The van der Waals surface area contributed by atoms with Crippen LogP contribution in [0.25, 0.3) is 11.1 Å². The van der Waals surface area contributed by atoms with Gasteiger partial charge in [0.25, 0.3) is 0 Å². The fourth-order valence-corrected chi connectivity index (χ4v) is 1.98. The lowest BCUT2D eigenvalue weighted by molar-refractivity contribution is -0.141. The first-order valence-electron chi connectivity index (χ1n) is 5.42. The van der Waals surface area contributed by atoms with Crippen molar-refractivity contribution in [3.8, 4) is 17.2 Å². The summed E-state index contributed by atoms with van der Waals surface area (Å²) in [4.78, 5) is 3.23. The molecule has 0 aromatic carbocycles. The molecule has 0 radical (unpaired) electrons. The van der Waals surface area contributed by atoms with Crippen molar-refractivity contribution in [3.05, 3.63) is 34.4 Å². The standard InChI is InChI=1S/C12H8ClF3N4/c1-6-9(5-18-20(6)2)7-3-10(12(14,15)16)19-11(13)8(7)4-17/h3,5H,1-2H3. The van der Waals surface area contributed by atoms with Crippen LogP contribution in [0.4, 0.5) is 13.2 Å².